The van der Waals surface area contributed by atoms with Gasteiger partial charge in [0.15, 0.2) is 6.61 Å². The van der Waals surface area contributed by atoms with E-state index in [0.29, 0.717) is 23.7 Å². The molecule has 19 heavy (non-hydrogen) atoms. The zero-order valence-electron chi connectivity index (χ0n) is 11.3. The van der Waals surface area contributed by atoms with Crippen molar-refractivity contribution < 1.29 is 14.6 Å². The van der Waals surface area contributed by atoms with Crippen LogP contribution in [0, 0.1) is 12.8 Å². The van der Waals surface area contributed by atoms with Gasteiger partial charge < -0.3 is 15.2 Å². The van der Waals surface area contributed by atoms with E-state index in [0.717, 1.165) is 5.56 Å². The van der Waals surface area contributed by atoms with Crippen LogP contribution in [0.2, 0.25) is 5.02 Å². The van der Waals surface area contributed by atoms with Crippen molar-refractivity contribution in [3.63, 3.8) is 0 Å². The molecular weight excluding hydrogens is 266 g/mol. The van der Waals surface area contributed by atoms with Crippen molar-refractivity contribution in [3.05, 3.63) is 28.8 Å². The topological polar surface area (TPSA) is 58.6 Å². The van der Waals surface area contributed by atoms with Gasteiger partial charge in [-0.2, -0.15) is 0 Å². The fourth-order valence-electron chi connectivity index (χ4n) is 1.58. The Bertz CT molecular complexity index is 423. The van der Waals surface area contributed by atoms with Crippen LogP contribution in [-0.4, -0.2) is 30.8 Å². The second kappa shape index (κ2) is 8.02. The molecule has 4 nitrogen and oxygen atoms in total. The molecule has 0 aliphatic rings. The highest BCUT2D eigenvalue weighted by Crippen LogP contribution is 2.21. The minimum absolute atomic E-state index is 0.0195. The molecule has 0 saturated heterocycles. The third-order valence-electron chi connectivity index (χ3n) is 2.77. The fraction of sp³-hybridized carbons (Fsp3) is 0.500. The number of aliphatic hydroxyl groups excluding tert-OH is 1. The number of nitrogens with one attached hydrogen (secondary N) is 1. The number of amides is 1. The number of ether oxygens (including phenoxy) is 1. The van der Waals surface area contributed by atoms with Crippen LogP contribution in [0.4, 0.5) is 0 Å². The molecule has 2 N–H and O–H groups in total. The Morgan fingerprint density at radius 2 is 2.26 bits per heavy atom. The third-order valence-corrected chi connectivity index (χ3v) is 3.00. The van der Waals surface area contributed by atoms with Crippen LogP contribution >= 0.6 is 11.6 Å². The van der Waals surface area contributed by atoms with Gasteiger partial charge in [0.2, 0.25) is 0 Å². The van der Waals surface area contributed by atoms with Crippen LogP contribution < -0.4 is 10.1 Å². The summed E-state index contributed by atoms with van der Waals surface area (Å²) >= 11 is 5.84. The largest absolute Gasteiger partial charge is 0.484 e. The predicted molar refractivity (Wildman–Crippen MR) is 75.6 cm³/mol. The molecule has 0 bridgehead atoms. The lowest BCUT2D eigenvalue weighted by Gasteiger charge is -2.12. The van der Waals surface area contributed by atoms with Crippen molar-refractivity contribution in [1.29, 1.82) is 0 Å². The molecule has 5 heteroatoms. The van der Waals surface area contributed by atoms with Crippen LogP contribution in [0.5, 0.6) is 5.75 Å². The molecule has 1 atom stereocenters. The van der Waals surface area contributed by atoms with Crippen molar-refractivity contribution in [1.82, 2.24) is 5.32 Å². The average Bonchev–Trinajstić information content (AvgIpc) is 2.35. The van der Waals surface area contributed by atoms with Gasteiger partial charge in [-0.1, -0.05) is 18.5 Å². The number of hydrogen-bond acceptors (Lipinski definition) is 3. The molecule has 106 valence electrons. The van der Waals surface area contributed by atoms with Gasteiger partial charge in [0.1, 0.15) is 5.75 Å². The molecular formula is C14H20ClNO3. The second-order valence-electron chi connectivity index (χ2n) is 4.62. The summed E-state index contributed by atoms with van der Waals surface area (Å²) < 4.78 is 5.43. The lowest BCUT2D eigenvalue weighted by molar-refractivity contribution is -0.123. The first kappa shape index (κ1) is 15.8. The number of rotatable bonds is 7. The molecule has 0 aromatic heterocycles. The summed E-state index contributed by atoms with van der Waals surface area (Å²) in [7, 11) is 0. The highest BCUT2D eigenvalue weighted by atomic mass is 35.5. The normalized spacial score (nSPS) is 12.0. The van der Waals surface area contributed by atoms with E-state index in [1.165, 1.54) is 0 Å². The van der Waals surface area contributed by atoms with Gasteiger partial charge in [0, 0.05) is 18.2 Å². The molecule has 1 unspecified atom stereocenters. The van der Waals surface area contributed by atoms with Gasteiger partial charge in [-0.15, -0.1) is 0 Å². The molecule has 0 spiro atoms. The maximum Gasteiger partial charge on any atom is 0.257 e. The highest BCUT2D eigenvalue weighted by Gasteiger charge is 2.07. The van der Waals surface area contributed by atoms with Crippen LogP contribution in [-0.2, 0) is 4.79 Å². The number of carbonyl (C=O) groups is 1. The summed E-state index contributed by atoms with van der Waals surface area (Å²) in [6.45, 7) is 4.51. The summed E-state index contributed by atoms with van der Waals surface area (Å²) in [5, 5.41) is 12.2. The van der Waals surface area contributed by atoms with E-state index >= 15 is 0 Å². The zero-order valence-corrected chi connectivity index (χ0v) is 12.0. The summed E-state index contributed by atoms with van der Waals surface area (Å²) in [5.74, 6) is 0.744. The van der Waals surface area contributed by atoms with Gasteiger partial charge in [-0.05, 0) is 43.0 Å². The van der Waals surface area contributed by atoms with E-state index in [2.05, 4.69) is 5.32 Å². The maximum absolute atomic E-state index is 11.6. The molecule has 0 aliphatic carbocycles. The lowest BCUT2D eigenvalue weighted by atomic mass is 10.1. The Morgan fingerprint density at radius 3 is 2.89 bits per heavy atom. The van der Waals surface area contributed by atoms with E-state index < -0.39 is 0 Å². The number of carbonyl (C=O) groups excluding carboxylic acids is 1. The van der Waals surface area contributed by atoms with Crippen LogP contribution in [0.1, 0.15) is 18.9 Å². The van der Waals surface area contributed by atoms with Gasteiger partial charge in [-0.3, -0.25) is 4.79 Å². The maximum atomic E-state index is 11.6. The summed E-state index contributed by atoms with van der Waals surface area (Å²) in [6, 6.07) is 5.27. The van der Waals surface area contributed by atoms with Crippen molar-refractivity contribution in [3.8, 4) is 5.75 Å². The summed E-state index contributed by atoms with van der Waals surface area (Å²) in [5.41, 5.74) is 0.897. The number of halogens is 1. The van der Waals surface area contributed by atoms with Gasteiger partial charge >= 0.3 is 0 Å². The molecule has 1 aromatic rings. The van der Waals surface area contributed by atoms with Gasteiger partial charge in [-0.25, -0.2) is 0 Å². The smallest absolute Gasteiger partial charge is 0.257 e. The minimum Gasteiger partial charge on any atom is -0.484 e. The SMILES string of the molecule is Cc1cc(Cl)ccc1OCC(=O)NCC(C)CCO. The van der Waals surface area contributed by atoms with Crippen LogP contribution in [0.25, 0.3) is 0 Å². The van der Waals surface area contributed by atoms with Crippen molar-refractivity contribution in [2.45, 2.75) is 20.3 Å². The molecule has 0 heterocycles. The van der Waals surface area contributed by atoms with E-state index in [1.807, 2.05) is 13.8 Å². The molecule has 0 aliphatic heterocycles. The van der Waals surface area contributed by atoms with Gasteiger partial charge in [0.25, 0.3) is 5.91 Å². The Labute approximate surface area is 118 Å². The van der Waals surface area contributed by atoms with E-state index in [4.69, 9.17) is 21.4 Å². The number of benzene rings is 1. The van der Waals surface area contributed by atoms with Crippen LogP contribution in [0.3, 0.4) is 0 Å². The fourth-order valence-corrected chi connectivity index (χ4v) is 1.81. The Balaban J connectivity index is 2.33. The van der Waals surface area contributed by atoms with Crippen molar-refractivity contribution >= 4 is 17.5 Å². The second-order valence-corrected chi connectivity index (χ2v) is 5.06. The average molecular weight is 286 g/mol. The monoisotopic (exact) mass is 285 g/mol. The quantitative estimate of drug-likeness (QED) is 0.807. The first-order valence-corrected chi connectivity index (χ1v) is 6.67. The van der Waals surface area contributed by atoms with E-state index in [1.54, 1.807) is 18.2 Å². The predicted octanol–water partition coefficient (Wildman–Crippen LogP) is 2.16. The first-order chi connectivity index (χ1) is 9.02. The van der Waals surface area contributed by atoms with E-state index in [-0.39, 0.29) is 25.0 Å². The van der Waals surface area contributed by atoms with E-state index in [9.17, 15) is 4.79 Å². The van der Waals surface area contributed by atoms with Crippen molar-refractivity contribution in [2.75, 3.05) is 19.8 Å². The highest BCUT2D eigenvalue weighted by molar-refractivity contribution is 6.30. The summed E-state index contributed by atoms with van der Waals surface area (Å²) in [6.07, 6.45) is 0.678. The molecule has 1 amide bonds. The third kappa shape index (κ3) is 5.94. The number of hydrogen-bond donors (Lipinski definition) is 2. The Morgan fingerprint density at radius 1 is 1.53 bits per heavy atom. The molecule has 1 rings (SSSR count). The zero-order chi connectivity index (χ0) is 14.3. The first-order valence-electron chi connectivity index (χ1n) is 6.29. The van der Waals surface area contributed by atoms with Gasteiger partial charge in [0.05, 0.1) is 0 Å². The van der Waals surface area contributed by atoms with Crippen molar-refractivity contribution in [2.24, 2.45) is 5.92 Å². The van der Waals surface area contributed by atoms with Crippen LogP contribution in [0.15, 0.2) is 18.2 Å². The summed E-state index contributed by atoms with van der Waals surface area (Å²) in [4.78, 5) is 11.6. The number of aryl methyl sites for hydroxylation is 1. The lowest BCUT2D eigenvalue weighted by Crippen LogP contribution is -2.32. The molecule has 1 aromatic carbocycles. The molecule has 0 fully saturated rings. The Kier molecular flexibility index (Phi) is 6.67. The standard InChI is InChI=1S/C14H20ClNO3/c1-10(5-6-17)8-16-14(18)9-19-13-4-3-12(15)7-11(13)2/h3-4,7,10,17H,5-6,8-9H2,1-2H3,(H,16,18). The Hall–Kier alpha value is -1.26. The minimum atomic E-state index is -0.167. The molecule has 0 saturated carbocycles. The number of aliphatic hydroxyl groups is 1. The molecule has 0 radical (unpaired) electrons.